The molecule has 142 valence electrons. The van der Waals surface area contributed by atoms with Crippen molar-refractivity contribution in [3.8, 4) is 0 Å². The van der Waals surface area contributed by atoms with Gasteiger partial charge < -0.3 is 23.7 Å². The average Bonchev–Trinajstić information content (AvgIpc) is 2.73. The minimum atomic E-state index is -1.61. The van der Waals surface area contributed by atoms with Crippen molar-refractivity contribution in [2.24, 2.45) is 5.90 Å². The molecule has 0 radical (unpaired) electrons. The lowest BCUT2D eigenvalue weighted by molar-refractivity contribution is -0.309. The Morgan fingerprint density at radius 1 is 0.880 bits per heavy atom. The molecule has 5 atom stereocenters. The number of hydrogen-bond donors (Lipinski definition) is 1. The summed E-state index contributed by atoms with van der Waals surface area (Å²) in [7, 11) is 0. The number of rotatable bonds is 6. The molecular formula is C14H21NO10. The topological polar surface area (TPSA) is 150 Å². The van der Waals surface area contributed by atoms with Crippen molar-refractivity contribution >= 4 is 23.9 Å². The Labute approximate surface area is 149 Å². The van der Waals surface area contributed by atoms with E-state index in [4.69, 9.17) is 35.1 Å². The first-order valence-corrected chi connectivity index (χ1v) is 6.73. The summed E-state index contributed by atoms with van der Waals surface area (Å²) in [5, 5.41) is 0. The van der Waals surface area contributed by atoms with Gasteiger partial charge in [0.15, 0.2) is 18.3 Å². The fraction of sp³-hybridized carbons (Fsp3) is 0.714. The molecule has 0 amide bonds. The van der Waals surface area contributed by atoms with E-state index in [0.717, 1.165) is 0 Å². The molecule has 0 spiro atoms. The standard InChI is InChI=1S/C14H21NO10/c1-6(16)20-5-10-11(21-7(2)17)12(22-8(3)18)13(23-9(4)19)14(24-10)25-15/h10-14H,5,15H2,1-4H3/t10-,11-,12+,13-,14?/m1/s1/i1D,2D,3D,4D. The molecule has 0 aromatic heterocycles. The van der Waals surface area contributed by atoms with Gasteiger partial charge in [-0.1, -0.05) is 0 Å². The quantitative estimate of drug-likeness (QED) is 0.348. The Kier molecular flexibility index (Phi) is 5.60. The lowest BCUT2D eigenvalue weighted by Gasteiger charge is -2.43. The molecule has 1 aliphatic heterocycles. The molecule has 1 rings (SSSR count). The van der Waals surface area contributed by atoms with Gasteiger partial charge in [-0.05, 0) is 0 Å². The molecule has 1 aliphatic rings. The summed E-state index contributed by atoms with van der Waals surface area (Å²) in [6.07, 6.45) is -7.68. The number of hydrogen-bond acceptors (Lipinski definition) is 11. The SMILES string of the molecule is [2H]CC(=O)OC[C@H]1OC(ON)[C@H](OC(=O)C[2H])[C@@H](OC(=O)C[2H])[C@@H]1OC(=O)C[2H]. The van der Waals surface area contributed by atoms with E-state index in [1.165, 1.54) is 0 Å². The summed E-state index contributed by atoms with van der Waals surface area (Å²) in [4.78, 5) is 50.9. The second-order valence-corrected chi connectivity index (χ2v) is 4.73. The zero-order chi connectivity index (χ0) is 22.0. The largest absolute Gasteiger partial charge is 0.463 e. The predicted molar refractivity (Wildman–Crippen MR) is 77.2 cm³/mol. The predicted octanol–water partition coefficient (Wildman–Crippen LogP) is -1.04. The monoisotopic (exact) mass is 367 g/mol. The fourth-order valence-electron chi connectivity index (χ4n) is 2.15. The summed E-state index contributed by atoms with van der Waals surface area (Å²) in [5.74, 6) is 0.968. The Morgan fingerprint density at radius 2 is 1.40 bits per heavy atom. The van der Waals surface area contributed by atoms with Gasteiger partial charge in [-0.25, -0.2) is 5.90 Å². The van der Waals surface area contributed by atoms with Crippen molar-refractivity contribution in [1.82, 2.24) is 0 Å². The van der Waals surface area contributed by atoms with Crippen LogP contribution in [0.2, 0.25) is 0 Å². The highest BCUT2D eigenvalue weighted by Crippen LogP contribution is 2.29. The van der Waals surface area contributed by atoms with Crippen LogP contribution in [0.25, 0.3) is 0 Å². The molecule has 0 saturated carbocycles. The average molecular weight is 367 g/mol. The van der Waals surface area contributed by atoms with Gasteiger partial charge in [0.1, 0.15) is 12.7 Å². The summed E-state index contributed by atoms with van der Waals surface area (Å²) < 4.78 is 53.4. The van der Waals surface area contributed by atoms with Crippen molar-refractivity contribution in [3.63, 3.8) is 0 Å². The highest BCUT2D eigenvalue weighted by Gasteiger charge is 2.52. The van der Waals surface area contributed by atoms with Crippen molar-refractivity contribution < 1.29 is 53.2 Å². The lowest BCUT2D eigenvalue weighted by Crippen LogP contribution is -2.63. The van der Waals surface area contributed by atoms with E-state index in [9.17, 15) is 19.2 Å². The molecule has 11 heteroatoms. The maximum atomic E-state index is 11.7. The van der Waals surface area contributed by atoms with E-state index in [0.29, 0.717) is 0 Å². The second kappa shape index (κ2) is 9.30. The van der Waals surface area contributed by atoms with Gasteiger partial charge in [-0.15, -0.1) is 0 Å². The highest BCUT2D eigenvalue weighted by atomic mass is 16.8. The van der Waals surface area contributed by atoms with Crippen LogP contribution >= 0.6 is 0 Å². The van der Waals surface area contributed by atoms with Crippen LogP contribution in [0.5, 0.6) is 0 Å². The molecule has 2 N–H and O–H groups in total. The molecule has 0 aromatic carbocycles. The summed E-state index contributed by atoms with van der Waals surface area (Å²) in [6, 6.07) is 0. The van der Waals surface area contributed by atoms with Gasteiger partial charge in [0.2, 0.25) is 6.29 Å². The second-order valence-electron chi connectivity index (χ2n) is 4.73. The molecule has 0 aromatic rings. The van der Waals surface area contributed by atoms with Crippen LogP contribution in [0.1, 0.15) is 33.1 Å². The Morgan fingerprint density at radius 3 is 1.92 bits per heavy atom. The number of carbonyl (C=O) groups is 4. The highest BCUT2D eigenvalue weighted by molar-refractivity contribution is 5.68. The van der Waals surface area contributed by atoms with Crippen LogP contribution in [0.15, 0.2) is 0 Å². The maximum absolute atomic E-state index is 11.7. The first-order chi connectivity index (χ1) is 13.8. The summed E-state index contributed by atoms with van der Waals surface area (Å²) >= 11 is 0. The molecular weight excluding hydrogens is 342 g/mol. The molecule has 1 saturated heterocycles. The minimum Gasteiger partial charge on any atom is -0.463 e. The van der Waals surface area contributed by atoms with Gasteiger partial charge in [-0.3, -0.25) is 24.0 Å². The number of nitrogens with two attached hydrogens (primary N) is 1. The van der Waals surface area contributed by atoms with E-state index in [1.54, 1.807) is 0 Å². The van der Waals surface area contributed by atoms with Gasteiger partial charge >= 0.3 is 23.9 Å². The van der Waals surface area contributed by atoms with E-state index in [2.05, 4.69) is 4.84 Å². The molecule has 1 unspecified atom stereocenters. The number of carbonyl (C=O) groups excluding carboxylic acids is 4. The molecule has 0 aliphatic carbocycles. The van der Waals surface area contributed by atoms with Crippen LogP contribution in [0.3, 0.4) is 0 Å². The maximum Gasteiger partial charge on any atom is 0.303 e. The Hall–Kier alpha value is -2.24. The normalized spacial score (nSPS) is 30.7. The minimum absolute atomic E-state index is 0.582. The zero-order valence-electron chi connectivity index (χ0n) is 17.1. The van der Waals surface area contributed by atoms with Crippen molar-refractivity contribution in [1.29, 1.82) is 0 Å². The van der Waals surface area contributed by atoms with E-state index in [-0.39, 0.29) is 0 Å². The van der Waals surface area contributed by atoms with Crippen LogP contribution in [-0.2, 0) is 47.7 Å². The smallest absolute Gasteiger partial charge is 0.303 e. The molecule has 1 fully saturated rings. The van der Waals surface area contributed by atoms with Gasteiger partial charge in [0, 0.05) is 33.1 Å². The van der Waals surface area contributed by atoms with E-state index in [1.807, 2.05) is 0 Å². The number of ether oxygens (including phenoxy) is 5. The van der Waals surface area contributed by atoms with Crippen molar-refractivity contribution in [2.75, 3.05) is 6.61 Å². The number of esters is 4. The van der Waals surface area contributed by atoms with Crippen LogP contribution in [0.4, 0.5) is 0 Å². The van der Waals surface area contributed by atoms with Gasteiger partial charge in [-0.2, -0.15) is 0 Å². The van der Waals surface area contributed by atoms with Crippen LogP contribution in [-0.4, -0.2) is 61.2 Å². The zero-order valence-corrected chi connectivity index (χ0v) is 13.1. The molecule has 1 heterocycles. The van der Waals surface area contributed by atoms with Crippen LogP contribution < -0.4 is 5.90 Å². The third-order valence-electron chi connectivity index (χ3n) is 2.94. The van der Waals surface area contributed by atoms with Crippen LogP contribution in [0, 0.1) is 0 Å². The van der Waals surface area contributed by atoms with Crippen molar-refractivity contribution in [3.05, 3.63) is 0 Å². The third kappa shape index (κ3) is 6.29. The first kappa shape index (κ1) is 15.0. The van der Waals surface area contributed by atoms with E-state index >= 15 is 0 Å². The lowest BCUT2D eigenvalue weighted by atomic mass is 9.98. The molecule has 11 nitrogen and oxygen atoms in total. The molecule has 25 heavy (non-hydrogen) atoms. The third-order valence-corrected chi connectivity index (χ3v) is 2.94. The Balaban J connectivity index is 3.25. The van der Waals surface area contributed by atoms with Gasteiger partial charge in [0.25, 0.3) is 0 Å². The first-order valence-electron chi connectivity index (χ1n) is 9.56. The summed E-state index contributed by atoms with van der Waals surface area (Å²) in [5.41, 5.74) is 0. The van der Waals surface area contributed by atoms with Gasteiger partial charge in [0.05, 0.1) is 0 Å². The van der Waals surface area contributed by atoms with E-state index < -0.39 is 88.8 Å². The Bertz CT molecular complexity index is 595. The summed E-state index contributed by atoms with van der Waals surface area (Å²) in [6.45, 7) is -3.75. The molecule has 0 bridgehead atoms. The fourth-order valence-corrected chi connectivity index (χ4v) is 2.15. The van der Waals surface area contributed by atoms with Crippen molar-refractivity contribution in [2.45, 2.75) is 58.3 Å².